The molecule has 2 amide bonds. The first-order valence-corrected chi connectivity index (χ1v) is 8.56. The van der Waals surface area contributed by atoms with E-state index in [0.717, 1.165) is 24.0 Å². The summed E-state index contributed by atoms with van der Waals surface area (Å²) in [4.78, 5) is 12.3. The molecule has 0 fully saturated rings. The second kappa shape index (κ2) is 8.62. The van der Waals surface area contributed by atoms with E-state index in [1.54, 1.807) is 0 Å². The summed E-state index contributed by atoms with van der Waals surface area (Å²) in [6.45, 7) is 6.72. The topological polar surface area (TPSA) is 100 Å². The van der Waals surface area contributed by atoms with Gasteiger partial charge in [-0.25, -0.2) is 4.79 Å². The third kappa shape index (κ3) is 4.79. The van der Waals surface area contributed by atoms with Crippen LogP contribution in [0.2, 0.25) is 0 Å². The van der Waals surface area contributed by atoms with Gasteiger partial charge in [-0.3, -0.25) is 0 Å². The lowest BCUT2D eigenvalue weighted by atomic mass is 9.79. The first kappa shape index (κ1) is 18.9. The van der Waals surface area contributed by atoms with Gasteiger partial charge in [0.05, 0.1) is 0 Å². The molecule has 0 spiro atoms. The van der Waals surface area contributed by atoms with Gasteiger partial charge in [-0.15, -0.1) is 10.2 Å². The molecule has 0 bridgehead atoms. The van der Waals surface area contributed by atoms with Gasteiger partial charge in [-0.2, -0.15) is 0 Å². The Labute approximate surface area is 147 Å². The maximum atomic E-state index is 12.3. The minimum Gasteiger partial charge on any atom is -0.423 e. The summed E-state index contributed by atoms with van der Waals surface area (Å²) in [5.74, 6) is 0.405. The fourth-order valence-corrected chi connectivity index (χ4v) is 2.80. The van der Waals surface area contributed by atoms with Crippen molar-refractivity contribution in [2.24, 2.45) is 5.41 Å². The van der Waals surface area contributed by atoms with Crippen LogP contribution in [-0.4, -0.2) is 34.5 Å². The second-order valence-electron chi connectivity index (χ2n) is 6.26. The Morgan fingerprint density at radius 2 is 2.08 bits per heavy atom. The maximum Gasteiger partial charge on any atom is 0.319 e. The number of anilines is 1. The normalized spacial score (nSPS) is 11.4. The largest absolute Gasteiger partial charge is 0.423 e. The van der Waals surface area contributed by atoms with Crippen LogP contribution in [0.25, 0.3) is 11.5 Å². The van der Waals surface area contributed by atoms with Gasteiger partial charge in [0.15, 0.2) is 0 Å². The van der Waals surface area contributed by atoms with Crippen molar-refractivity contribution >= 4 is 11.7 Å². The van der Waals surface area contributed by atoms with Gasteiger partial charge >= 0.3 is 6.03 Å². The van der Waals surface area contributed by atoms with E-state index < -0.39 is 0 Å². The summed E-state index contributed by atoms with van der Waals surface area (Å²) >= 11 is 0. The van der Waals surface area contributed by atoms with Crippen molar-refractivity contribution in [3.63, 3.8) is 0 Å². The standard InChI is InChI=1S/C18H26N4O3/c1-4-18(5-2,8-9-23)11-19-17(24)21-15-10-14(7-6-13(15)3)16-22-20-12-25-16/h6-7,10,12,23H,4-5,8-9,11H2,1-3H3,(H2,19,21,24). The van der Waals surface area contributed by atoms with Crippen LogP contribution in [0, 0.1) is 12.3 Å². The van der Waals surface area contributed by atoms with Crippen LogP contribution in [0.3, 0.4) is 0 Å². The van der Waals surface area contributed by atoms with Crippen molar-refractivity contribution in [3.8, 4) is 11.5 Å². The Hall–Kier alpha value is -2.41. The molecule has 0 saturated heterocycles. The Balaban J connectivity index is 2.04. The molecule has 25 heavy (non-hydrogen) atoms. The zero-order chi connectivity index (χ0) is 18.3. The number of aliphatic hydroxyl groups excluding tert-OH is 1. The summed E-state index contributed by atoms with van der Waals surface area (Å²) < 4.78 is 5.19. The van der Waals surface area contributed by atoms with E-state index >= 15 is 0 Å². The van der Waals surface area contributed by atoms with E-state index in [0.29, 0.717) is 24.5 Å². The fraction of sp³-hybridized carbons (Fsp3) is 0.500. The van der Waals surface area contributed by atoms with Crippen LogP contribution >= 0.6 is 0 Å². The lowest BCUT2D eigenvalue weighted by Gasteiger charge is -2.31. The van der Waals surface area contributed by atoms with Gasteiger partial charge in [-0.05, 0) is 49.3 Å². The molecule has 0 aliphatic carbocycles. The number of benzene rings is 1. The number of amides is 2. The van der Waals surface area contributed by atoms with E-state index in [1.165, 1.54) is 6.39 Å². The minimum atomic E-state index is -0.269. The van der Waals surface area contributed by atoms with Crippen LogP contribution in [0.5, 0.6) is 0 Å². The third-order valence-electron chi connectivity index (χ3n) is 4.86. The molecule has 2 rings (SSSR count). The van der Waals surface area contributed by atoms with E-state index in [1.807, 2.05) is 25.1 Å². The van der Waals surface area contributed by atoms with Gasteiger partial charge in [0.1, 0.15) is 0 Å². The SMILES string of the molecule is CCC(CC)(CCO)CNC(=O)Nc1cc(-c2nnco2)ccc1C. The fourth-order valence-electron chi connectivity index (χ4n) is 2.80. The summed E-state index contributed by atoms with van der Waals surface area (Å²) in [6.07, 6.45) is 3.74. The lowest BCUT2D eigenvalue weighted by molar-refractivity contribution is 0.165. The van der Waals surface area contributed by atoms with Crippen LogP contribution < -0.4 is 10.6 Å². The summed E-state index contributed by atoms with van der Waals surface area (Å²) in [5.41, 5.74) is 2.29. The van der Waals surface area contributed by atoms with E-state index in [-0.39, 0.29) is 18.1 Å². The molecule has 0 unspecified atom stereocenters. The zero-order valence-corrected chi connectivity index (χ0v) is 15.0. The Kier molecular flexibility index (Phi) is 6.52. The van der Waals surface area contributed by atoms with Crippen LogP contribution in [0.1, 0.15) is 38.7 Å². The first-order valence-electron chi connectivity index (χ1n) is 8.56. The van der Waals surface area contributed by atoms with Gasteiger partial charge in [0.25, 0.3) is 0 Å². The molecule has 1 aromatic carbocycles. The number of aromatic nitrogens is 2. The number of hydrogen-bond donors (Lipinski definition) is 3. The number of carbonyl (C=O) groups is 1. The predicted octanol–water partition coefficient (Wildman–Crippen LogP) is 3.36. The van der Waals surface area contributed by atoms with Crippen molar-refractivity contribution in [1.82, 2.24) is 15.5 Å². The van der Waals surface area contributed by atoms with Crippen LogP contribution in [0.4, 0.5) is 10.5 Å². The number of carbonyl (C=O) groups excluding carboxylic acids is 1. The number of nitrogens with one attached hydrogen (secondary N) is 2. The number of aliphatic hydroxyl groups is 1. The predicted molar refractivity (Wildman–Crippen MR) is 96.2 cm³/mol. The molecule has 3 N–H and O–H groups in total. The minimum absolute atomic E-state index is 0.0766. The third-order valence-corrected chi connectivity index (χ3v) is 4.86. The molecular formula is C18H26N4O3. The quantitative estimate of drug-likeness (QED) is 0.680. The van der Waals surface area contributed by atoms with Gasteiger partial charge in [0, 0.05) is 24.4 Å². The molecule has 0 atom stereocenters. The van der Waals surface area contributed by atoms with E-state index in [2.05, 4.69) is 34.7 Å². The molecule has 1 heterocycles. The Morgan fingerprint density at radius 3 is 2.68 bits per heavy atom. The zero-order valence-electron chi connectivity index (χ0n) is 15.0. The van der Waals surface area contributed by atoms with Crippen molar-refractivity contribution in [2.45, 2.75) is 40.0 Å². The molecule has 1 aromatic heterocycles. The molecule has 7 heteroatoms. The highest BCUT2D eigenvalue weighted by molar-refractivity contribution is 5.90. The molecule has 0 aliphatic rings. The molecule has 136 valence electrons. The van der Waals surface area contributed by atoms with E-state index in [4.69, 9.17) is 4.42 Å². The number of nitrogens with zero attached hydrogens (tertiary/aromatic N) is 2. The van der Waals surface area contributed by atoms with Crippen molar-refractivity contribution in [1.29, 1.82) is 0 Å². The highest BCUT2D eigenvalue weighted by Crippen LogP contribution is 2.29. The van der Waals surface area contributed by atoms with Crippen LogP contribution in [-0.2, 0) is 0 Å². The number of hydrogen-bond acceptors (Lipinski definition) is 5. The van der Waals surface area contributed by atoms with Gasteiger partial charge in [-0.1, -0.05) is 19.9 Å². The molecule has 7 nitrogen and oxygen atoms in total. The summed E-state index contributed by atoms with van der Waals surface area (Å²) in [5, 5.41) is 22.6. The monoisotopic (exact) mass is 346 g/mol. The lowest BCUT2D eigenvalue weighted by Crippen LogP contribution is -2.39. The smallest absolute Gasteiger partial charge is 0.319 e. The van der Waals surface area contributed by atoms with Crippen molar-refractivity contribution < 1.29 is 14.3 Å². The highest BCUT2D eigenvalue weighted by atomic mass is 16.4. The van der Waals surface area contributed by atoms with Gasteiger partial charge < -0.3 is 20.2 Å². The molecule has 0 saturated carbocycles. The molecular weight excluding hydrogens is 320 g/mol. The van der Waals surface area contributed by atoms with Gasteiger partial charge in [0.2, 0.25) is 12.3 Å². The number of rotatable bonds is 8. The highest BCUT2D eigenvalue weighted by Gasteiger charge is 2.26. The number of urea groups is 1. The maximum absolute atomic E-state index is 12.3. The average Bonchev–Trinajstić information content (AvgIpc) is 3.15. The molecule has 2 aromatic rings. The van der Waals surface area contributed by atoms with E-state index in [9.17, 15) is 9.90 Å². The van der Waals surface area contributed by atoms with Crippen molar-refractivity contribution in [3.05, 3.63) is 30.2 Å². The Morgan fingerprint density at radius 1 is 1.32 bits per heavy atom. The number of aryl methyl sites for hydroxylation is 1. The van der Waals surface area contributed by atoms with Crippen molar-refractivity contribution in [2.75, 3.05) is 18.5 Å². The Bertz CT molecular complexity index is 682. The average molecular weight is 346 g/mol. The second-order valence-corrected chi connectivity index (χ2v) is 6.26. The van der Waals surface area contributed by atoms with Crippen LogP contribution in [0.15, 0.2) is 29.0 Å². The molecule has 0 radical (unpaired) electrons. The summed E-state index contributed by atoms with van der Waals surface area (Å²) in [7, 11) is 0. The first-order chi connectivity index (χ1) is 12.0. The summed E-state index contributed by atoms with van der Waals surface area (Å²) in [6, 6.07) is 5.30. The molecule has 0 aliphatic heterocycles.